The summed E-state index contributed by atoms with van der Waals surface area (Å²) < 4.78 is 15.8. The lowest BCUT2D eigenvalue weighted by Gasteiger charge is -2.29. The first-order valence-electron chi connectivity index (χ1n) is 10.2. The van der Waals surface area contributed by atoms with Gasteiger partial charge in [0.25, 0.3) is 11.6 Å². The number of hydrogen-bond donors (Lipinski definition) is 0. The Balaban J connectivity index is 1.60. The highest BCUT2D eigenvalue weighted by Gasteiger charge is 2.25. The van der Waals surface area contributed by atoms with Crippen molar-refractivity contribution < 1.29 is 28.7 Å². The molecule has 0 aliphatic carbocycles. The number of nitrogens with zero attached hydrogens (tertiary/aromatic N) is 2. The zero-order chi connectivity index (χ0) is 23.1. The fraction of sp³-hybridized carbons (Fsp3) is 0.304. The van der Waals surface area contributed by atoms with E-state index in [0.717, 1.165) is 5.56 Å². The number of nitro benzene ring substituents is 1. The highest BCUT2D eigenvalue weighted by atomic mass is 16.6. The van der Waals surface area contributed by atoms with Gasteiger partial charge in [-0.3, -0.25) is 14.9 Å². The number of non-ortho nitro benzene ring substituents is 1. The highest BCUT2D eigenvalue weighted by Crippen LogP contribution is 2.31. The minimum atomic E-state index is -0.660. The van der Waals surface area contributed by atoms with E-state index in [1.165, 1.54) is 30.2 Å². The van der Waals surface area contributed by atoms with E-state index in [1.54, 1.807) is 30.3 Å². The van der Waals surface area contributed by atoms with Gasteiger partial charge in [-0.05, 0) is 55.2 Å². The van der Waals surface area contributed by atoms with Gasteiger partial charge in [0.2, 0.25) is 0 Å². The molecule has 2 aromatic rings. The average molecular weight is 440 g/mol. The molecule has 0 fully saturated rings. The van der Waals surface area contributed by atoms with Crippen molar-refractivity contribution in [3.8, 4) is 11.5 Å². The topological polar surface area (TPSA) is 108 Å². The molecule has 1 aliphatic rings. The molecule has 32 heavy (non-hydrogen) atoms. The lowest BCUT2D eigenvalue weighted by Crippen LogP contribution is -2.38. The number of rotatable bonds is 8. The van der Waals surface area contributed by atoms with Crippen molar-refractivity contribution in [3.05, 3.63) is 63.7 Å². The van der Waals surface area contributed by atoms with Gasteiger partial charge in [0.1, 0.15) is 0 Å². The first kappa shape index (κ1) is 22.8. The number of ether oxygens (including phenoxy) is 3. The Morgan fingerprint density at radius 2 is 2.00 bits per heavy atom. The molecule has 0 aromatic heterocycles. The number of esters is 1. The zero-order valence-electron chi connectivity index (χ0n) is 17.9. The molecule has 9 nitrogen and oxygen atoms in total. The van der Waals surface area contributed by atoms with Crippen LogP contribution in [0.3, 0.4) is 0 Å². The van der Waals surface area contributed by atoms with Gasteiger partial charge in [-0.1, -0.05) is 6.07 Å². The molecule has 0 saturated heterocycles. The Kier molecular flexibility index (Phi) is 7.43. The van der Waals surface area contributed by atoms with Gasteiger partial charge in [-0.15, -0.1) is 0 Å². The van der Waals surface area contributed by atoms with E-state index in [-0.39, 0.29) is 11.6 Å². The third-order valence-corrected chi connectivity index (χ3v) is 4.93. The maximum Gasteiger partial charge on any atom is 0.331 e. The number of anilines is 1. The van der Waals surface area contributed by atoms with E-state index in [9.17, 15) is 19.7 Å². The quantitative estimate of drug-likeness (QED) is 0.267. The van der Waals surface area contributed by atoms with Crippen molar-refractivity contribution in [1.29, 1.82) is 0 Å². The van der Waals surface area contributed by atoms with Crippen molar-refractivity contribution in [3.63, 3.8) is 0 Å². The Bertz CT molecular complexity index is 1050. The predicted molar refractivity (Wildman–Crippen MR) is 118 cm³/mol. The minimum absolute atomic E-state index is 0.0134. The maximum absolute atomic E-state index is 12.6. The summed E-state index contributed by atoms with van der Waals surface area (Å²) in [6.45, 7) is 2.41. The third-order valence-electron chi connectivity index (χ3n) is 4.93. The average Bonchev–Trinajstić information content (AvgIpc) is 2.81. The van der Waals surface area contributed by atoms with Crippen molar-refractivity contribution >= 4 is 29.3 Å². The highest BCUT2D eigenvalue weighted by molar-refractivity contribution is 5.97. The molecule has 0 spiro atoms. The van der Waals surface area contributed by atoms with Crippen LogP contribution < -0.4 is 14.4 Å². The molecule has 0 bridgehead atoms. The van der Waals surface area contributed by atoms with E-state index in [2.05, 4.69) is 0 Å². The number of amides is 1. The second-order valence-corrected chi connectivity index (χ2v) is 7.00. The van der Waals surface area contributed by atoms with Crippen LogP contribution in [-0.2, 0) is 20.7 Å². The number of methoxy groups -OCH3 is 1. The first-order chi connectivity index (χ1) is 15.4. The molecule has 3 rings (SSSR count). The lowest BCUT2D eigenvalue weighted by atomic mass is 10.0. The van der Waals surface area contributed by atoms with E-state index in [0.29, 0.717) is 48.7 Å². The van der Waals surface area contributed by atoms with Crippen LogP contribution in [0.15, 0.2) is 42.5 Å². The number of carbonyl (C=O) groups excluding carboxylic acids is 2. The summed E-state index contributed by atoms with van der Waals surface area (Å²) in [5, 5.41) is 11.0. The van der Waals surface area contributed by atoms with Gasteiger partial charge in [-0.25, -0.2) is 4.79 Å². The second kappa shape index (κ2) is 10.4. The van der Waals surface area contributed by atoms with Crippen molar-refractivity contribution in [1.82, 2.24) is 0 Å². The van der Waals surface area contributed by atoms with Crippen LogP contribution in [0.1, 0.15) is 24.5 Å². The van der Waals surface area contributed by atoms with E-state index >= 15 is 0 Å². The zero-order valence-corrected chi connectivity index (χ0v) is 17.9. The van der Waals surface area contributed by atoms with Crippen LogP contribution in [0.2, 0.25) is 0 Å². The normalized spacial score (nSPS) is 12.9. The van der Waals surface area contributed by atoms with E-state index in [4.69, 9.17) is 14.2 Å². The fourth-order valence-electron chi connectivity index (χ4n) is 3.44. The number of benzene rings is 2. The third kappa shape index (κ3) is 5.42. The van der Waals surface area contributed by atoms with Crippen LogP contribution in [0.25, 0.3) is 6.08 Å². The number of nitro groups is 1. The van der Waals surface area contributed by atoms with Gasteiger partial charge in [-0.2, -0.15) is 0 Å². The van der Waals surface area contributed by atoms with Crippen LogP contribution in [0.5, 0.6) is 11.5 Å². The molecule has 0 N–H and O–H groups in total. The van der Waals surface area contributed by atoms with Gasteiger partial charge >= 0.3 is 5.97 Å². The maximum atomic E-state index is 12.6. The van der Waals surface area contributed by atoms with Gasteiger partial charge in [0.15, 0.2) is 18.1 Å². The molecule has 9 heteroatoms. The molecule has 2 aromatic carbocycles. The predicted octanol–water partition coefficient (Wildman–Crippen LogP) is 3.54. The Morgan fingerprint density at radius 1 is 1.19 bits per heavy atom. The summed E-state index contributed by atoms with van der Waals surface area (Å²) in [6, 6.07) is 9.65. The van der Waals surface area contributed by atoms with E-state index in [1.807, 2.05) is 6.92 Å². The van der Waals surface area contributed by atoms with Gasteiger partial charge in [0, 0.05) is 30.4 Å². The van der Waals surface area contributed by atoms with Crippen molar-refractivity contribution in [2.24, 2.45) is 0 Å². The number of hydrogen-bond acceptors (Lipinski definition) is 7. The second-order valence-electron chi connectivity index (χ2n) is 7.00. The number of fused-ring (bicyclic) bond motifs is 1. The number of carbonyl (C=O) groups is 2. The molecule has 0 atom stereocenters. The van der Waals surface area contributed by atoms with Crippen LogP contribution in [0.4, 0.5) is 11.4 Å². The Hall–Kier alpha value is -3.88. The summed E-state index contributed by atoms with van der Waals surface area (Å²) in [5.74, 6) is 0.102. The van der Waals surface area contributed by atoms with Crippen LogP contribution in [-0.4, -0.2) is 43.7 Å². The molecule has 0 unspecified atom stereocenters. The molecule has 0 saturated carbocycles. The molecule has 1 aliphatic heterocycles. The summed E-state index contributed by atoms with van der Waals surface area (Å²) in [7, 11) is 1.53. The Labute approximate surface area is 185 Å². The fourth-order valence-corrected chi connectivity index (χ4v) is 3.44. The van der Waals surface area contributed by atoms with Crippen molar-refractivity contribution in [2.75, 3.05) is 31.8 Å². The minimum Gasteiger partial charge on any atom is -0.493 e. The monoisotopic (exact) mass is 440 g/mol. The molecular weight excluding hydrogens is 416 g/mol. The van der Waals surface area contributed by atoms with Gasteiger partial charge in [0.05, 0.1) is 18.6 Å². The Morgan fingerprint density at radius 3 is 2.72 bits per heavy atom. The summed E-state index contributed by atoms with van der Waals surface area (Å²) in [6.07, 6.45) is 4.11. The van der Waals surface area contributed by atoms with Crippen LogP contribution >= 0.6 is 0 Å². The lowest BCUT2D eigenvalue weighted by molar-refractivity contribution is -0.384. The van der Waals surface area contributed by atoms with Crippen LogP contribution in [0, 0.1) is 10.1 Å². The molecular formula is C23H24N2O7. The molecule has 1 amide bonds. The van der Waals surface area contributed by atoms with Crippen molar-refractivity contribution in [2.45, 2.75) is 19.8 Å². The summed E-state index contributed by atoms with van der Waals surface area (Å²) >= 11 is 0. The smallest absolute Gasteiger partial charge is 0.331 e. The molecule has 1 heterocycles. The summed E-state index contributed by atoms with van der Waals surface area (Å²) in [4.78, 5) is 36.7. The SMILES string of the molecule is CCOc1ccc(/C=C/C(=O)OCC(=O)N2CCCc3cc([N+](=O)[O-])ccc32)cc1OC. The molecule has 0 radical (unpaired) electrons. The van der Waals surface area contributed by atoms with Gasteiger partial charge < -0.3 is 19.1 Å². The largest absolute Gasteiger partial charge is 0.493 e. The van der Waals surface area contributed by atoms with E-state index < -0.39 is 17.5 Å². The standard InChI is InChI=1S/C23H24N2O7/c1-3-31-20-10-6-16(13-21(20)30-2)7-11-23(27)32-15-22(26)24-12-4-5-17-14-18(25(28)29)8-9-19(17)24/h6-11,13-14H,3-5,12,15H2,1-2H3/b11-7+. The molecule has 168 valence electrons. The first-order valence-corrected chi connectivity index (χ1v) is 10.2. The number of aryl methyl sites for hydroxylation is 1. The summed E-state index contributed by atoms with van der Waals surface area (Å²) in [5.41, 5.74) is 2.04.